The predicted octanol–water partition coefficient (Wildman–Crippen LogP) is 4.10. The van der Waals surface area contributed by atoms with Crippen LogP contribution in [0.1, 0.15) is 60.7 Å². The van der Waals surface area contributed by atoms with Crippen molar-refractivity contribution in [2.24, 2.45) is 0 Å². The Balaban J connectivity index is 1.09. The van der Waals surface area contributed by atoms with Crippen molar-refractivity contribution in [3.63, 3.8) is 0 Å². The Morgan fingerprint density at radius 3 is 2.62 bits per heavy atom. The second-order valence-electron chi connectivity index (χ2n) is 10.9. The van der Waals surface area contributed by atoms with Gasteiger partial charge in [0.15, 0.2) is 0 Å². The summed E-state index contributed by atoms with van der Waals surface area (Å²) in [6.07, 6.45) is 1.50. The molecule has 4 heterocycles. The van der Waals surface area contributed by atoms with Crippen LogP contribution in [0.2, 0.25) is 0 Å². The molecule has 13 heteroatoms. The molecular formula is C29H38F3N5O5. The second kappa shape index (κ2) is 14.0. The summed E-state index contributed by atoms with van der Waals surface area (Å²) in [5.41, 5.74) is 1.14. The van der Waals surface area contributed by atoms with E-state index in [4.69, 9.17) is 14.2 Å². The highest BCUT2D eigenvalue weighted by molar-refractivity contribution is 5.93. The standard InChI is InChI=1S/C29H38F3N5O5/c1-39-26-17-40-14-11-23(26)36-20-9-12-37(13-10-20)28(38)24-15-27(35-18-34-24)33-16-22-3-2-4-25(41-22)19-5-7-21(8-6-19)42-29(30,31)32/h5-8,15,18,20,22-23,25-26,36H,2-4,9-14,16-17H2,1H3,(H,33,34,35)/t22-,23+,25+,26-/m1/s1. The van der Waals surface area contributed by atoms with Crippen LogP contribution in [-0.4, -0.2) is 91.4 Å². The van der Waals surface area contributed by atoms with Gasteiger partial charge in [0.2, 0.25) is 0 Å². The smallest absolute Gasteiger partial charge is 0.406 e. The molecule has 3 aliphatic rings. The number of rotatable bonds is 9. The number of anilines is 1. The molecule has 2 aromatic rings. The maximum atomic E-state index is 13.2. The van der Waals surface area contributed by atoms with Crippen LogP contribution in [0.15, 0.2) is 36.7 Å². The fourth-order valence-corrected chi connectivity index (χ4v) is 5.82. The molecule has 0 unspecified atom stereocenters. The molecule has 10 nitrogen and oxygen atoms in total. The topological polar surface area (TPSA) is 107 Å². The highest BCUT2D eigenvalue weighted by atomic mass is 19.4. The zero-order valence-corrected chi connectivity index (χ0v) is 23.6. The van der Waals surface area contributed by atoms with E-state index in [1.165, 1.54) is 18.5 Å². The highest BCUT2D eigenvalue weighted by Crippen LogP contribution is 2.33. The fourth-order valence-electron chi connectivity index (χ4n) is 5.82. The molecule has 5 rings (SSSR count). The summed E-state index contributed by atoms with van der Waals surface area (Å²) in [7, 11) is 1.71. The van der Waals surface area contributed by atoms with Crippen molar-refractivity contribution in [3.8, 4) is 5.75 Å². The number of carbonyl (C=O) groups excluding carboxylic acids is 1. The lowest BCUT2D eigenvalue weighted by Gasteiger charge is -2.38. The van der Waals surface area contributed by atoms with Crippen LogP contribution >= 0.6 is 0 Å². The maximum Gasteiger partial charge on any atom is 0.573 e. The Bertz CT molecular complexity index is 1160. The molecule has 0 radical (unpaired) electrons. The Labute approximate surface area is 243 Å². The Morgan fingerprint density at radius 1 is 1.10 bits per heavy atom. The number of nitrogens with one attached hydrogen (secondary N) is 2. The molecule has 4 atom stereocenters. The van der Waals surface area contributed by atoms with Crippen molar-refractivity contribution in [2.75, 3.05) is 45.3 Å². The first-order chi connectivity index (χ1) is 20.3. The number of amides is 1. The zero-order valence-electron chi connectivity index (χ0n) is 23.6. The van der Waals surface area contributed by atoms with Gasteiger partial charge in [-0.2, -0.15) is 0 Å². The van der Waals surface area contributed by atoms with Crippen molar-refractivity contribution >= 4 is 11.7 Å². The molecule has 2 N–H and O–H groups in total. The van der Waals surface area contributed by atoms with Crippen molar-refractivity contribution in [2.45, 2.75) is 75.3 Å². The SMILES string of the molecule is CO[C@@H]1COCC[C@@H]1NC1CCN(C(=O)c2cc(NC[C@H]3CCC[C@@H](c4ccc(OC(F)(F)F)cc4)O3)ncn2)CC1. The van der Waals surface area contributed by atoms with Gasteiger partial charge < -0.3 is 34.5 Å². The summed E-state index contributed by atoms with van der Waals surface area (Å²) in [6, 6.07) is 8.05. The Hall–Kier alpha value is -3.00. The van der Waals surface area contributed by atoms with Gasteiger partial charge >= 0.3 is 6.36 Å². The van der Waals surface area contributed by atoms with E-state index < -0.39 is 6.36 Å². The lowest BCUT2D eigenvalue weighted by molar-refractivity contribution is -0.274. The predicted molar refractivity (Wildman–Crippen MR) is 147 cm³/mol. The van der Waals surface area contributed by atoms with Crippen LogP contribution in [0.25, 0.3) is 0 Å². The van der Waals surface area contributed by atoms with Gasteiger partial charge in [0.25, 0.3) is 5.91 Å². The first-order valence-electron chi connectivity index (χ1n) is 14.5. The van der Waals surface area contributed by atoms with Crippen LogP contribution in [0.5, 0.6) is 5.75 Å². The summed E-state index contributed by atoms with van der Waals surface area (Å²) < 4.78 is 58.6. The van der Waals surface area contributed by atoms with Crippen LogP contribution in [0.3, 0.4) is 0 Å². The highest BCUT2D eigenvalue weighted by Gasteiger charge is 2.32. The second-order valence-corrected chi connectivity index (χ2v) is 10.9. The normalized spacial score (nSPS) is 25.7. The van der Waals surface area contributed by atoms with Crippen molar-refractivity contribution < 1.29 is 36.9 Å². The van der Waals surface area contributed by atoms with E-state index in [-0.39, 0.29) is 36.0 Å². The van der Waals surface area contributed by atoms with E-state index in [2.05, 4.69) is 25.3 Å². The van der Waals surface area contributed by atoms with Crippen LogP contribution < -0.4 is 15.4 Å². The van der Waals surface area contributed by atoms with Gasteiger partial charge in [-0.3, -0.25) is 4.79 Å². The largest absolute Gasteiger partial charge is 0.573 e. The number of benzene rings is 1. The van der Waals surface area contributed by atoms with Gasteiger partial charge in [0, 0.05) is 51.5 Å². The number of piperidine rings is 1. The molecule has 230 valence electrons. The lowest BCUT2D eigenvalue weighted by atomic mass is 9.98. The quantitative estimate of drug-likeness (QED) is 0.445. The molecule has 3 saturated heterocycles. The van der Waals surface area contributed by atoms with Crippen LogP contribution in [0, 0.1) is 0 Å². The number of nitrogens with zero attached hydrogens (tertiary/aromatic N) is 3. The molecule has 1 aromatic carbocycles. The van der Waals surface area contributed by atoms with Crippen molar-refractivity contribution in [1.82, 2.24) is 20.2 Å². The van der Waals surface area contributed by atoms with E-state index in [1.807, 2.05) is 4.90 Å². The zero-order chi connectivity index (χ0) is 29.5. The number of alkyl halides is 3. The van der Waals surface area contributed by atoms with Crippen LogP contribution in [-0.2, 0) is 14.2 Å². The molecule has 42 heavy (non-hydrogen) atoms. The summed E-state index contributed by atoms with van der Waals surface area (Å²) in [5.74, 6) is 0.159. The number of hydrogen-bond donors (Lipinski definition) is 2. The third-order valence-corrected chi connectivity index (χ3v) is 8.07. The Kier molecular flexibility index (Phi) is 10.1. The van der Waals surface area contributed by atoms with Gasteiger partial charge in [-0.25, -0.2) is 9.97 Å². The number of methoxy groups -OCH3 is 1. The molecule has 0 spiro atoms. The van der Waals surface area contributed by atoms with E-state index in [1.54, 1.807) is 25.3 Å². The molecule has 0 saturated carbocycles. The van der Waals surface area contributed by atoms with Gasteiger partial charge in [-0.05, 0) is 56.2 Å². The lowest BCUT2D eigenvalue weighted by Crippen LogP contribution is -2.54. The van der Waals surface area contributed by atoms with E-state index in [0.717, 1.165) is 50.7 Å². The summed E-state index contributed by atoms with van der Waals surface area (Å²) >= 11 is 0. The molecule has 1 amide bonds. The number of likely N-dealkylation sites (tertiary alicyclic amines) is 1. The minimum atomic E-state index is -4.72. The third kappa shape index (κ3) is 8.30. The molecule has 3 aliphatic heterocycles. The number of carbonyl (C=O) groups is 1. The number of hydrogen-bond acceptors (Lipinski definition) is 9. The van der Waals surface area contributed by atoms with Gasteiger partial charge in [-0.1, -0.05) is 12.1 Å². The van der Waals surface area contributed by atoms with Crippen molar-refractivity contribution in [3.05, 3.63) is 47.9 Å². The van der Waals surface area contributed by atoms with Crippen LogP contribution in [0.4, 0.5) is 19.0 Å². The third-order valence-electron chi connectivity index (χ3n) is 8.07. The first-order valence-corrected chi connectivity index (χ1v) is 14.5. The molecule has 0 aliphatic carbocycles. The first kappa shape index (κ1) is 30.5. The molecular weight excluding hydrogens is 555 g/mol. The van der Waals surface area contributed by atoms with E-state index in [9.17, 15) is 18.0 Å². The molecule has 3 fully saturated rings. The van der Waals surface area contributed by atoms with Gasteiger partial charge in [-0.15, -0.1) is 13.2 Å². The van der Waals surface area contributed by atoms with Gasteiger partial charge in [0.1, 0.15) is 23.6 Å². The minimum Gasteiger partial charge on any atom is -0.406 e. The number of aromatic nitrogens is 2. The van der Waals surface area contributed by atoms with Gasteiger partial charge in [0.05, 0.1) is 24.9 Å². The van der Waals surface area contributed by atoms with Crippen molar-refractivity contribution in [1.29, 1.82) is 0 Å². The van der Waals surface area contributed by atoms with E-state index >= 15 is 0 Å². The maximum absolute atomic E-state index is 13.2. The van der Waals surface area contributed by atoms with E-state index in [0.29, 0.717) is 43.8 Å². The summed E-state index contributed by atoms with van der Waals surface area (Å²) in [5, 5.41) is 6.96. The Morgan fingerprint density at radius 2 is 1.88 bits per heavy atom. The monoisotopic (exact) mass is 593 g/mol. The summed E-state index contributed by atoms with van der Waals surface area (Å²) in [4.78, 5) is 23.5. The summed E-state index contributed by atoms with van der Waals surface area (Å²) in [6.45, 7) is 3.09. The molecule has 1 aromatic heterocycles. The fraction of sp³-hybridized carbons (Fsp3) is 0.621. The minimum absolute atomic E-state index is 0.0449. The number of halogens is 3. The average molecular weight is 594 g/mol. The number of ether oxygens (including phenoxy) is 4. The molecule has 0 bridgehead atoms. The average Bonchev–Trinajstić information content (AvgIpc) is 3.00.